The highest BCUT2D eigenvalue weighted by Gasteiger charge is 2.29. The van der Waals surface area contributed by atoms with Crippen LogP contribution in [0.2, 0.25) is 0 Å². The molecule has 0 aromatic heterocycles. The van der Waals surface area contributed by atoms with Crippen LogP contribution in [0.15, 0.2) is 0 Å². The van der Waals surface area contributed by atoms with Crippen molar-refractivity contribution in [2.45, 2.75) is 31.3 Å². The van der Waals surface area contributed by atoms with Crippen molar-refractivity contribution in [3.8, 4) is 0 Å². The molecule has 1 atom stereocenters. The number of halogens is 3. The number of alkyl halides is 3. The lowest BCUT2D eigenvalue weighted by Gasteiger charge is -2.21. The number of hydrogen-bond donors (Lipinski definition) is 1. The van der Waals surface area contributed by atoms with E-state index in [2.05, 4.69) is 0 Å². The van der Waals surface area contributed by atoms with Crippen molar-refractivity contribution in [1.29, 1.82) is 0 Å². The number of nitrogens with two attached hydrogens (primary N) is 1. The van der Waals surface area contributed by atoms with Crippen LogP contribution >= 0.6 is 0 Å². The second kappa shape index (κ2) is 5.41. The van der Waals surface area contributed by atoms with E-state index in [0.717, 1.165) is 0 Å². The third-order valence-corrected chi connectivity index (χ3v) is 1.58. The first-order valence-electron chi connectivity index (χ1n) is 3.78. The molecule has 0 radical (unpaired) electrons. The van der Waals surface area contributed by atoms with Crippen LogP contribution in [0.1, 0.15) is 12.8 Å². The van der Waals surface area contributed by atoms with Crippen LogP contribution in [-0.4, -0.2) is 32.7 Å². The SMILES string of the molecule is COC(OC)C(N)CCC(F)(F)F. The van der Waals surface area contributed by atoms with Gasteiger partial charge in [0.15, 0.2) is 6.29 Å². The zero-order valence-electron chi connectivity index (χ0n) is 7.60. The van der Waals surface area contributed by atoms with Crippen LogP contribution in [0.25, 0.3) is 0 Å². The topological polar surface area (TPSA) is 44.5 Å². The van der Waals surface area contributed by atoms with Crippen molar-refractivity contribution in [2.24, 2.45) is 5.73 Å². The lowest BCUT2D eigenvalue weighted by atomic mass is 10.1. The summed E-state index contributed by atoms with van der Waals surface area (Å²) in [6.07, 6.45) is -6.07. The molecule has 0 heterocycles. The Morgan fingerprint density at radius 2 is 1.69 bits per heavy atom. The van der Waals surface area contributed by atoms with E-state index < -0.39 is 24.9 Å². The van der Waals surface area contributed by atoms with Crippen LogP contribution in [-0.2, 0) is 9.47 Å². The van der Waals surface area contributed by atoms with Crippen molar-refractivity contribution in [3.63, 3.8) is 0 Å². The predicted molar refractivity (Wildman–Crippen MR) is 41.1 cm³/mol. The molecule has 0 amide bonds. The predicted octanol–water partition coefficient (Wildman–Crippen LogP) is 1.28. The fraction of sp³-hybridized carbons (Fsp3) is 1.00. The maximum atomic E-state index is 11.8. The molecule has 0 fully saturated rings. The highest BCUT2D eigenvalue weighted by atomic mass is 19.4. The second-order valence-corrected chi connectivity index (χ2v) is 2.66. The largest absolute Gasteiger partial charge is 0.389 e. The van der Waals surface area contributed by atoms with Crippen molar-refractivity contribution in [3.05, 3.63) is 0 Å². The highest BCUT2D eigenvalue weighted by molar-refractivity contribution is 4.67. The quantitative estimate of drug-likeness (QED) is 0.681. The van der Waals surface area contributed by atoms with E-state index in [9.17, 15) is 13.2 Å². The molecule has 6 heteroatoms. The van der Waals surface area contributed by atoms with E-state index in [0.29, 0.717) is 0 Å². The lowest BCUT2D eigenvalue weighted by molar-refractivity contribution is -0.149. The van der Waals surface area contributed by atoms with Gasteiger partial charge in [0.25, 0.3) is 0 Å². The molecule has 0 aliphatic rings. The first-order chi connectivity index (χ1) is 5.90. The number of hydrogen-bond acceptors (Lipinski definition) is 3. The molecule has 0 aromatic carbocycles. The molecule has 0 aliphatic carbocycles. The number of rotatable bonds is 5. The van der Waals surface area contributed by atoms with Gasteiger partial charge in [-0.2, -0.15) is 13.2 Å². The third-order valence-electron chi connectivity index (χ3n) is 1.58. The summed E-state index contributed by atoms with van der Waals surface area (Å²) in [5.74, 6) is 0. The molecule has 0 spiro atoms. The monoisotopic (exact) mass is 201 g/mol. The normalized spacial score (nSPS) is 15.0. The molecule has 0 saturated heterocycles. The van der Waals surface area contributed by atoms with Gasteiger partial charge in [0.1, 0.15) is 0 Å². The van der Waals surface area contributed by atoms with Gasteiger partial charge < -0.3 is 15.2 Å². The van der Waals surface area contributed by atoms with Crippen LogP contribution in [0, 0.1) is 0 Å². The van der Waals surface area contributed by atoms with Gasteiger partial charge in [-0.3, -0.25) is 0 Å². The lowest BCUT2D eigenvalue weighted by Crippen LogP contribution is -2.38. The molecule has 0 rings (SSSR count). The van der Waals surface area contributed by atoms with Crippen molar-refractivity contribution in [2.75, 3.05) is 14.2 Å². The van der Waals surface area contributed by atoms with E-state index in [1.807, 2.05) is 0 Å². The average Bonchev–Trinajstić information content (AvgIpc) is 2.02. The second-order valence-electron chi connectivity index (χ2n) is 2.66. The van der Waals surface area contributed by atoms with Gasteiger partial charge in [-0.25, -0.2) is 0 Å². The van der Waals surface area contributed by atoms with E-state index in [1.54, 1.807) is 0 Å². The molecule has 0 aliphatic heterocycles. The Kier molecular flexibility index (Phi) is 5.27. The van der Waals surface area contributed by atoms with Gasteiger partial charge in [-0.1, -0.05) is 0 Å². The van der Waals surface area contributed by atoms with E-state index in [4.69, 9.17) is 15.2 Å². The fourth-order valence-corrected chi connectivity index (χ4v) is 0.912. The first-order valence-corrected chi connectivity index (χ1v) is 3.78. The summed E-state index contributed by atoms with van der Waals surface area (Å²) in [5, 5.41) is 0. The maximum Gasteiger partial charge on any atom is 0.389 e. The number of methoxy groups -OCH3 is 2. The Morgan fingerprint density at radius 1 is 1.23 bits per heavy atom. The average molecular weight is 201 g/mol. The summed E-state index contributed by atoms with van der Waals surface area (Å²) in [6, 6.07) is -0.753. The van der Waals surface area contributed by atoms with Gasteiger partial charge in [0.2, 0.25) is 0 Å². The molecule has 13 heavy (non-hydrogen) atoms. The maximum absolute atomic E-state index is 11.8. The molecule has 2 N–H and O–H groups in total. The highest BCUT2D eigenvalue weighted by Crippen LogP contribution is 2.22. The summed E-state index contributed by atoms with van der Waals surface area (Å²) in [6.45, 7) is 0. The molecule has 1 unspecified atom stereocenters. The van der Waals surface area contributed by atoms with Crippen LogP contribution in [0.3, 0.4) is 0 Å². The first kappa shape index (κ1) is 12.7. The minimum absolute atomic E-state index is 0.199. The molecular formula is C7H14F3NO2. The zero-order chi connectivity index (χ0) is 10.5. The number of ether oxygens (including phenoxy) is 2. The Hall–Kier alpha value is -0.330. The van der Waals surface area contributed by atoms with Gasteiger partial charge >= 0.3 is 6.18 Å². The van der Waals surface area contributed by atoms with E-state index in [1.165, 1.54) is 14.2 Å². The van der Waals surface area contributed by atoms with Gasteiger partial charge in [-0.05, 0) is 6.42 Å². The smallest absolute Gasteiger partial charge is 0.354 e. The van der Waals surface area contributed by atoms with Crippen molar-refractivity contribution in [1.82, 2.24) is 0 Å². The van der Waals surface area contributed by atoms with Crippen LogP contribution < -0.4 is 5.73 Å². The Labute approximate surface area is 75.0 Å². The van der Waals surface area contributed by atoms with Crippen molar-refractivity contribution < 1.29 is 22.6 Å². The summed E-state index contributed by atoms with van der Waals surface area (Å²) in [7, 11) is 2.67. The summed E-state index contributed by atoms with van der Waals surface area (Å²) in [5.41, 5.74) is 5.40. The molecular weight excluding hydrogens is 187 g/mol. The Balaban J connectivity index is 3.78. The summed E-state index contributed by atoms with van der Waals surface area (Å²) >= 11 is 0. The van der Waals surface area contributed by atoms with E-state index >= 15 is 0 Å². The zero-order valence-corrected chi connectivity index (χ0v) is 7.60. The van der Waals surface area contributed by atoms with Crippen molar-refractivity contribution >= 4 is 0 Å². The molecule has 0 aromatic rings. The van der Waals surface area contributed by atoms with Crippen LogP contribution in [0.4, 0.5) is 13.2 Å². The van der Waals surface area contributed by atoms with Gasteiger partial charge in [0, 0.05) is 20.6 Å². The summed E-state index contributed by atoms with van der Waals surface area (Å²) < 4.78 is 44.7. The minimum Gasteiger partial charge on any atom is -0.354 e. The van der Waals surface area contributed by atoms with E-state index in [-0.39, 0.29) is 6.42 Å². The van der Waals surface area contributed by atoms with Gasteiger partial charge in [-0.15, -0.1) is 0 Å². The third kappa shape index (κ3) is 5.84. The Bertz CT molecular complexity index is 136. The fourth-order valence-electron chi connectivity index (χ4n) is 0.912. The van der Waals surface area contributed by atoms with Crippen LogP contribution in [0.5, 0.6) is 0 Å². The molecule has 80 valence electrons. The minimum atomic E-state index is -4.18. The summed E-state index contributed by atoms with van der Waals surface area (Å²) in [4.78, 5) is 0. The Morgan fingerprint density at radius 3 is 2.00 bits per heavy atom. The molecule has 3 nitrogen and oxygen atoms in total. The standard InChI is InChI=1S/C7H14F3NO2/c1-12-6(13-2)5(11)3-4-7(8,9)10/h5-6H,3-4,11H2,1-2H3. The molecule has 0 bridgehead atoms. The van der Waals surface area contributed by atoms with Gasteiger partial charge in [0.05, 0.1) is 6.04 Å². The molecule has 0 saturated carbocycles.